The predicted octanol–water partition coefficient (Wildman–Crippen LogP) is 11.3. The fourth-order valence-corrected chi connectivity index (χ4v) is 7.70. The Morgan fingerprint density at radius 1 is 0.434 bits per heavy atom. The smallest absolute Gasteiger partial charge is 0.146 e. The second kappa shape index (κ2) is 11.6. The summed E-state index contributed by atoms with van der Waals surface area (Å²) in [5.41, 5.74) is 12.9. The Morgan fingerprint density at radius 3 is 2.15 bits per heavy atom. The number of pyridine rings is 5. The Balaban J connectivity index is 0.968. The molecule has 11 rings (SSSR count). The summed E-state index contributed by atoms with van der Waals surface area (Å²) in [5, 5.41) is 6.51. The van der Waals surface area contributed by atoms with Crippen LogP contribution in [0, 0.1) is 0 Å². The minimum Gasteiger partial charge on any atom is -0.306 e. The Labute approximate surface area is 303 Å². The molecule has 6 aromatic heterocycles. The monoisotopic (exact) mass is 676 g/mol. The molecule has 0 aliphatic carbocycles. The van der Waals surface area contributed by atoms with Crippen LogP contribution in [-0.2, 0) is 0 Å². The van der Waals surface area contributed by atoms with Crippen molar-refractivity contribution in [1.82, 2.24) is 29.3 Å². The van der Waals surface area contributed by atoms with Gasteiger partial charge in [-0.25, -0.2) is 15.0 Å². The molecule has 0 aliphatic rings. The first-order valence-electron chi connectivity index (χ1n) is 17.7. The highest BCUT2D eigenvalue weighted by Crippen LogP contribution is 2.37. The molecule has 0 amide bonds. The third-order valence-corrected chi connectivity index (χ3v) is 10.3. The summed E-state index contributed by atoms with van der Waals surface area (Å²) in [6.45, 7) is 0. The number of hydrogen-bond acceptors (Lipinski definition) is 5. The van der Waals surface area contributed by atoms with Gasteiger partial charge in [-0.2, -0.15) is 0 Å². The molecule has 6 heterocycles. The maximum Gasteiger partial charge on any atom is 0.146 e. The predicted molar refractivity (Wildman–Crippen MR) is 216 cm³/mol. The summed E-state index contributed by atoms with van der Waals surface area (Å²) in [6, 6.07) is 50.5. The molecule has 0 atom stereocenters. The molecule has 0 aliphatic heterocycles. The Hall–Kier alpha value is -7.31. The number of nitrogens with zero attached hydrogens (tertiary/aromatic N) is 6. The van der Waals surface area contributed by atoms with E-state index in [9.17, 15) is 0 Å². The standard InChI is InChI=1S/C47H28N6/c1-2-7-29(8-3-1)42-28-53-26-23-38-43(47(53)52-42)37-10-4-5-11-41(37)51-44(38)32-14-12-30(13-15-32)39-21-18-34-27-33(17-20-40(34)50-39)35-22-25-49-46-36(35)19-16-31-9-6-24-48-45(31)46/h1-28H. The molecule has 5 aromatic carbocycles. The van der Waals surface area contributed by atoms with Gasteiger partial charge in [-0.05, 0) is 53.6 Å². The third kappa shape index (κ3) is 4.77. The minimum atomic E-state index is 0.913. The van der Waals surface area contributed by atoms with Gasteiger partial charge >= 0.3 is 0 Å². The number of aromatic nitrogens is 6. The van der Waals surface area contributed by atoms with Crippen LogP contribution in [0.3, 0.4) is 0 Å². The SMILES string of the molecule is c1ccc(-c2cn3ccc4c(-c5ccc(-c6ccc7cc(-c8ccnc9c8ccc8cccnc89)ccc7n6)cc5)nc5ccccc5c4c3n2)cc1. The van der Waals surface area contributed by atoms with Gasteiger partial charge in [0.05, 0.1) is 39.1 Å². The first kappa shape index (κ1) is 29.4. The van der Waals surface area contributed by atoms with Crippen molar-refractivity contribution in [3.05, 3.63) is 170 Å². The van der Waals surface area contributed by atoms with Crippen molar-refractivity contribution in [2.45, 2.75) is 0 Å². The zero-order valence-electron chi connectivity index (χ0n) is 28.3. The van der Waals surface area contributed by atoms with Crippen molar-refractivity contribution in [3.8, 4) is 44.9 Å². The lowest BCUT2D eigenvalue weighted by Gasteiger charge is -2.12. The zero-order chi connectivity index (χ0) is 34.9. The number of fused-ring (bicyclic) bond motifs is 9. The lowest BCUT2D eigenvalue weighted by atomic mass is 9.98. The van der Waals surface area contributed by atoms with Gasteiger partial charge in [0.1, 0.15) is 5.65 Å². The van der Waals surface area contributed by atoms with Crippen LogP contribution in [0.1, 0.15) is 0 Å². The molecule has 0 saturated heterocycles. The van der Waals surface area contributed by atoms with Crippen LogP contribution in [0.2, 0.25) is 0 Å². The summed E-state index contributed by atoms with van der Waals surface area (Å²) in [6.07, 6.45) is 7.89. The molecule has 6 nitrogen and oxygen atoms in total. The molecule has 0 radical (unpaired) electrons. The van der Waals surface area contributed by atoms with Crippen LogP contribution < -0.4 is 0 Å². The van der Waals surface area contributed by atoms with Crippen LogP contribution in [-0.4, -0.2) is 29.3 Å². The fraction of sp³-hybridized carbons (Fsp3) is 0. The Morgan fingerprint density at radius 2 is 1.23 bits per heavy atom. The number of imidazole rings is 1. The van der Waals surface area contributed by atoms with Gasteiger partial charge in [0.15, 0.2) is 0 Å². The molecule has 0 saturated carbocycles. The normalized spacial score (nSPS) is 11.8. The van der Waals surface area contributed by atoms with Gasteiger partial charge < -0.3 is 4.40 Å². The molecule has 0 N–H and O–H groups in total. The van der Waals surface area contributed by atoms with E-state index in [0.29, 0.717) is 0 Å². The van der Waals surface area contributed by atoms with Crippen molar-refractivity contribution in [3.63, 3.8) is 0 Å². The van der Waals surface area contributed by atoms with E-state index in [1.54, 1.807) is 0 Å². The van der Waals surface area contributed by atoms with E-state index in [1.807, 2.05) is 42.7 Å². The van der Waals surface area contributed by atoms with E-state index in [0.717, 1.165) is 105 Å². The summed E-state index contributed by atoms with van der Waals surface area (Å²) in [7, 11) is 0. The van der Waals surface area contributed by atoms with Crippen molar-refractivity contribution >= 4 is 60.0 Å². The van der Waals surface area contributed by atoms with Crippen LogP contribution >= 0.6 is 0 Å². The van der Waals surface area contributed by atoms with Gasteiger partial charge in [-0.3, -0.25) is 9.97 Å². The van der Waals surface area contributed by atoms with Crippen LogP contribution in [0.5, 0.6) is 0 Å². The molecule has 0 unspecified atom stereocenters. The first-order chi connectivity index (χ1) is 26.2. The molecule has 53 heavy (non-hydrogen) atoms. The van der Waals surface area contributed by atoms with Crippen molar-refractivity contribution < 1.29 is 0 Å². The zero-order valence-corrected chi connectivity index (χ0v) is 28.3. The molecule has 11 aromatic rings. The third-order valence-electron chi connectivity index (χ3n) is 10.3. The van der Waals surface area contributed by atoms with Gasteiger partial charge in [-0.15, -0.1) is 0 Å². The Kier molecular flexibility index (Phi) is 6.45. The number of rotatable bonds is 4. The van der Waals surface area contributed by atoms with E-state index in [4.69, 9.17) is 19.9 Å². The van der Waals surface area contributed by atoms with E-state index in [2.05, 4.69) is 137 Å². The molecule has 0 bridgehead atoms. The van der Waals surface area contributed by atoms with E-state index in [1.165, 1.54) is 0 Å². The van der Waals surface area contributed by atoms with Gasteiger partial charge in [0, 0.05) is 73.8 Å². The maximum absolute atomic E-state index is 5.20. The van der Waals surface area contributed by atoms with Crippen LogP contribution in [0.25, 0.3) is 105 Å². The fourth-order valence-electron chi connectivity index (χ4n) is 7.70. The number of benzene rings is 5. The minimum absolute atomic E-state index is 0.913. The van der Waals surface area contributed by atoms with Crippen molar-refractivity contribution in [2.24, 2.45) is 0 Å². The van der Waals surface area contributed by atoms with Gasteiger partial charge in [-0.1, -0.05) is 103 Å². The number of hydrogen-bond donors (Lipinski definition) is 0. The lowest BCUT2D eigenvalue weighted by Crippen LogP contribution is -1.93. The van der Waals surface area contributed by atoms with Crippen molar-refractivity contribution in [2.75, 3.05) is 0 Å². The molecule has 246 valence electrons. The topological polar surface area (TPSA) is 68.9 Å². The van der Waals surface area contributed by atoms with Gasteiger partial charge in [0.25, 0.3) is 0 Å². The highest BCUT2D eigenvalue weighted by atomic mass is 15.0. The maximum atomic E-state index is 5.20. The number of para-hydroxylation sites is 1. The molecular formula is C47H28N6. The van der Waals surface area contributed by atoms with E-state index in [-0.39, 0.29) is 0 Å². The largest absolute Gasteiger partial charge is 0.306 e. The summed E-state index contributed by atoms with van der Waals surface area (Å²) in [5.74, 6) is 0. The quantitative estimate of drug-likeness (QED) is 0.174. The average molecular weight is 677 g/mol. The van der Waals surface area contributed by atoms with E-state index < -0.39 is 0 Å². The highest BCUT2D eigenvalue weighted by molar-refractivity contribution is 6.17. The summed E-state index contributed by atoms with van der Waals surface area (Å²) < 4.78 is 2.12. The second-order valence-corrected chi connectivity index (χ2v) is 13.4. The molecule has 0 fully saturated rings. The molecule has 6 heteroatoms. The first-order valence-corrected chi connectivity index (χ1v) is 17.7. The van der Waals surface area contributed by atoms with Crippen molar-refractivity contribution in [1.29, 1.82) is 0 Å². The van der Waals surface area contributed by atoms with Gasteiger partial charge in [0.2, 0.25) is 0 Å². The lowest BCUT2D eigenvalue weighted by molar-refractivity contribution is 1.20. The Bertz CT molecular complexity index is 3220. The highest BCUT2D eigenvalue weighted by Gasteiger charge is 2.16. The molecular weight excluding hydrogens is 649 g/mol. The average Bonchev–Trinajstić information content (AvgIpc) is 3.68. The molecule has 0 spiro atoms. The second-order valence-electron chi connectivity index (χ2n) is 13.4. The van der Waals surface area contributed by atoms with Crippen LogP contribution in [0.15, 0.2) is 170 Å². The summed E-state index contributed by atoms with van der Waals surface area (Å²) in [4.78, 5) is 24.7. The van der Waals surface area contributed by atoms with E-state index >= 15 is 0 Å². The van der Waals surface area contributed by atoms with Crippen LogP contribution in [0.4, 0.5) is 0 Å². The summed E-state index contributed by atoms with van der Waals surface area (Å²) >= 11 is 0.